The van der Waals surface area contributed by atoms with Crippen LogP contribution >= 0.6 is 0 Å². The number of aromatic amines is 1. The molecule has 0 saturated heterocycles. The Bertz CT molecular complexity index is 1140. The normalized spacial score (nSPS) is 11.1. The van der Waals surface area contributed by atoms with Crippen LogP contribution in [0.15, 0.2) is 65.5 Å². The number of benzene rings is 3. The van der Waals surface area contributed by atoms with Crippen molar-refractivity contribution in [3.8, 4) is 28.3 Å². The summed E-state index contributed by atoms with van der Waals surface area (Å²) in [6.45, 7) is 1.98. The van der Waals surface area contributed by atoms with Crippen LogP contribution in [0, 0.1) is 6.92 Å². The van der Waals surface area contributed by atoms with Crippen LogP contribution in [0.5, 0.6) is 11.5 Å². The second-order valence-corrected chi connectivity index (χ2v) is 6.01. The fourth-order valence-electron chi connectivity index (χ4n) is 3.00. The molecule has 0 unspecified atom stereocenters. The summed E-state index contributed by atoms with van der Waals surface area (Å²) in [4.78, 5) is 15.2. The molecule has 0 saturated carbocycles. The molecule has 4 rings (SSSR count). The summed E-state index contributed by atoms with van der Waals surface area (Å²) in [5.74, 6) is -0.210. The Kier molecular flexibility index (Phi) is 3.35. The third-order valence-electron chi connectivity index (χ3n) is 4.29. The summed E-state index contributed by atoms with van der Waals surface area (Å²) in [6, 6.07) is 17.8. The summed E-state index contributed by atoms with van der Waals surface area (Å²) in [5.41, 5.74) is 3.75. The molecule has 1 heterocycles. The van der Waals surface area contributed by atoms with E-state index in [1.807, 2.05) is 43.3 Å². The van der Waals surface area contributed by atoms with E-state index in [1.54, 1.807) is 18.2 Å². The summed E-state index contributed by atoms with van der Waals surface area (Å²) in [6.07, 6.45) is 0. The molecule has 3 aromatic carbocycles. The second-order valence-electron chi connectivity index (χ2n) is 6.01. The predicted molar refractivity (Wildman–Crippen MR) is 97.4 cm³/mol. The van der Waals surface area contributed by atoms with Crippen LogP contribution in [0.3, 0.4) is 0 Å². The third-order valence-corrected chi connectivity index (χ3v) is 4.29. The van der Waals surface area contributed by atoms with Gasteiger partial charge in [0.05, 0.1) is 16.7 Å². The van der Waals surface area contributed by atoms with Crippen LogP contribution in [0.4, 0.5) is 0 Å². The molecule has 25 heavy (non-hydrogen) atoms. The van der Waals surface area contributed by atoms with E-state index in [4.69, 9.17) is 0 Å². The number of aromatic hydroxyl groups is 2. The van der Waals surface area contributed by atoms with Gasteiger partial charge in [0.25, 0.3) is 0 Å². The van der Waals surface area contributed by atoms with Crippen molar-refractivity contribution in [3.63, 3.8) is 0 Å². The third kappa shape index (κ3) is 2.46. The van der Waals surface area contributed by atoms with E-state index in [2.05, 4.69) is 4.98 Å². The van der Waals surface area contributed by atoms with Gasteiger partial charge in [-0.25, -0.2) is 4.79 Å². The van der Waals surface area contributed by atoms with E-state index in [-0.39, 0.29) is 17.2 Å². The van der Waals surface area contributed by atoms with E-state index in [9.17, 15) is 15.0 Å². The minimum Gasteiger partial charge on any atom is -0.507 e. The molecular formula is C20H16N2O3. The van der Waals surface area contributed by atoms with Gasteiger partial charge in [-0.15, -0.1) is 0 Å². The van der Waals surface area contributed by atoms with Crippen LogP contribution in [0.25, 0.3) is 27.8 Å². The van der Waals surface area contributed by atoms with Crippen molar-refractivity contribution in [2.24, 2.45) is 0 Å². The first-order chi connectivity index (χ1) is 12.0. The average Bonchev–Trinajstić information content (AvgIpc) is 2.92. The van der Waals surface area contributed by atoms with Gasteiger partial charge in [-0.2, -0.15) is 0 Å². The summed E-state index contributed by atoms with van der Waals surface area (Å²) < 4.78 is 1.40. The van der Waals surface area contributed by atoms with E-state index in [1.165, 1.54) is 10.6 Å². The number of aryl methyl sites for hydroxylation is 1. The zero-order chi connectivity index (χ0) is 17.6. The lowest BCUT2D eigenvalue weighted by molar-refractivity contribution is 0.450. The second kappa shape index (κ2) is 5.56. The molecule has 0 atom stereocenters. The van der Waals surface area contributed by atoms with E-state index in [0.717, 1.165) is 11.1 Å². The number of fused-ring (bicyclic) bond motifs is 1. The standard InChI is InChI=1S/C20H16N2O3/c1-12-6-8-13(9-7-12)14-10-17(19(24)11-18(14)23)22-16-5-3-2-4-15(16)21-20(22)25/h2-11,23-24H,1H3,(H,21,25). The van der Waals surface area contributed by atoms with Crippen molar-refractivity contribution in [3.05, 3.63) is 76.7 Å². The fourth-order valence-corrected chi connectivity index (χ4v) is 3.00. The van der Waals surface area contributed by atoms with Gasteiger partial charge in [0.15, 0.2) is 0 Å². The van der Waals surface area contributed by atoms with Crippen molar-refractivity contribution in [1.82, 2.24) is 9.55 Å². The van der Waals surface area contributed by atoms with Gasteiger partial charge < -0.3 is 15.2 Å². The fraction of sp³-hybridized carbons (Fsp3) is 0.0500. The minimum atomic E-state index is -0.350. The van der Waals surface area contributed by atoms with Gasteiger partial charge in [0.2, 0.25) is 0 Å². The molecule has 124 valence electrons. The molecule has 5 heteroatoms. The molecule has 3 N–H and O–H groups in total. The Morgan fingerprint density at radius 3 is 2.40 bits per heavy atom. The quantitative estimate of drug-likeness (QED) is 0.524. The molecule has 5 nitrogen and oxygen atoms in total. The number of hydrogen-bond acceptors (Lipinski definition) is 3. The highest BCUT2D eigenvalue weighted by atomic mass is 16.3. The molecule has 0 spiro atoms. The summed E-state index contributed by atoms with van der Waals surface area (Å²) in [5, 5.41) is 20.6. The minimum absolute atomic E-state index is 0.0435. The maximum atomic E-state index is 12.4. The topological polar surface area (TPSA) is 78.2 Å². The molecule has 0 amide bonds. The zero-order valence-electron chi connectivity index (χ0n) is 13.5. The summed E-state index contributed by atoms with van der Waals surface area (Å²) in [7, 11) is 0. The maximum Gasteiger partial charge on any atom is 0.331 e. The number of phenols is 2. The van der Waals surface area contributed by atoms with Gasteiger partial charge in [-0.05, 0) is 30.7 Å². The molecule has 0 aliphatic heterocycles. The molecular weight excluding hydrogens is 316 g/mol. The number of aromatic nitrogens is 2. The lowest BCUT2D eigenvalue weighted by Crippen LogP contribution is -2.14. The highest BCUT2D eigenvalue weighted by molar-refractivity contribution is 5.80. The molecule has 1 aromatic heterocycles. The lowest BCUT2D eigenvalue weighted by Gasteiger charge is -2.12. The largest absolute Gasteiger partial charge is 0.507 e. The number of nitrogens with one attached hydrogen (secondary N) is 1. The number of H-pyrrole nitrogens is 1. The van der Waals surface area contributed by atoms with Crippen molar-refractivity contribution in [2.45, 2.75) is 6.92 Å². The Balaban J connectivity index is 1.99. The molecule has 0 bridgehead atoms. The maximum absolute atomic E-state index is 12.4. The summed E-state index contributed by atoms with van der Waals surface area (Å²) >= 11 is 0. The van der Waals surface area contributed by atoms with E-state index < -0.39 is 0 Å². The number of rotatable bonds is 2. The van der Waals surface area contributed by atoms with Gasteiger partial charge in [0, 0.05) is 11.6 Å². The molecule has 0 radical (unpaired) electrons. The zero-order valence-corrected chi connectivity index (χ0v) is 13.5. The first-order valence-electron chi connectivity index (χ1n) is 7.88. The van der Waals surface area contributed by atoms with Crippen LogP contribution in [-0.4, -0.2) is 19.8 Å². The first kappa shape index (κ1) is 15.1. The van der Waals surface area contributed by atoms with Gasteiger partial charge in [-0.3, -0.25) is 4.57 Å². The molecule has 4 aromatic rings. The van der Waals surface area contributed by atoms with Crippen LogP contribution in [0.1, 0.15) is 5.56 Å². The number of phenolic OH excluding ortho intramolecular Hbond substituents is 2. The Hall–Kier alpha value is -3.47. The van der Waals surface area contributed by atoms with Gasteiger partial charge >= 0.3 is 5.69 Å². The number of nitrogens with zero attached hydrogens (tertiary/aromatic N) is 1. The molecule has 0 aliphatic rings. The van der Waals surface area contributed by atoms with E-state index >= 15 is 0 Å². The van der Waals surface area contributed by atoms with Crippen molar-refractivity contribution < 1.29 is 10.2 Å². The van der Waals surface area contributed by atoms with E-state index in [0.29, 0.717) is 22.3 Å². The lowest BCUT2D eigenvalue weighted by atomic mass is 10.0. The van der Waals surface area contributed by atoms with Crippen LogP contribution < -0.4 is 5.69 Å². The van der Waals surface area contributed by atoms with Gasteiger partial charge in [-0.1, -0.05) is 42.0 Å². The smallest absolute Gasteiger partial charge is 0.331 e. The van der Waals surface area contributed by atoms with Crippen molar-refractivity contribution in [2.75, 3.05) is 0 Å². The van der Waals surface area contributed by atoms with Crippen molar-refractivity contribution in [1.29, 1.82) is 0 Å². The van der Waals surface area contributed by atoms with Crippen molar-refractivity contribution >= 4 is 11.0 Å². The van der Waals surface area contributed by atoms with Crippen LogP contribution in [-0.2, 0) is 0 Å². The average molecular weight is 332 g/mol. The number of hydrogen-bond donors (Lipinski definition) is 3. The number of imidazole rings is 1. The highest BCUT2D eigenvalue weighted by Crippen LogP contribution is 2.37. The Morgan fingerprint density at radius 1 is 0.920 bits per heavy atom. The highest BCUT2D eigenvalue weighted by Gasteiger charge is 2.16. The van der Waals surface area contributed by atoms with Crippen LogP contribution in [0.2, 0.25) is 0 Å². The van der Waals surface area contributed by atoms with Gasteiger partial charge in [0.1, 0.15) is 11.5 Å². The Morgan fingerprint density at radius 2 is 1.64 bits per heavy atom. The molecule has 0 fully saturated rings. The predicted octanol–water partition coefficient (Wildman–Crippen LogP) is 3.71. The monoisotopic (exact) mass is 332 g/mol. The SMILES string of the molecule is Cc1ccc(-c2cc(-n3c(=O)[nH]c4ccccc43)c(O)cc2O)cc1. The Labute approximate surface area is 143 Å². The molecule has 0 aliphatic carbocycles. The first-order valence-corrected chi connectivity index (χ1v) is 7.88. The number of para-hydroxylation sites is 2.